The molecule has 1 aliphatic rings. The summed E-state index contributed by atoms with van der Waals surface area (Å²) < 4.78 is 0. The lowest BCUT2D eigenvalue weighted by molar-refractivity contribution is -0.120. The van der Waals surface area contributed by atoms with Crippen LogP contribution < -0.4 is 11.1 Å². The first-order valence-electron chi connectivity index (χ1n) is 7.02. The number of hydrogen-bond acceptors (Lipinski definition) is 2. The van der Waals surface area contributed by atoms with Gasteiger partial charge in [0.1, 0.15) is 0 Å². The van der Waals surface area contributed by atoms with Crippen LogP contribution in [-0.4, -0.2) is 5.91 Å². The number of halogens is 1. The summed E-state index contributed by atoms with van der Waals surface area (Å²) in [5.74, 6) is 0.187. The van der Waals surface area contributed by atoms with Crippen LogP contribution in [0.25, 0.3) is 0 Å². The molecule has 1 amide bonds. The fourth-order valence-corrected chi connectivity index (χ4v) is 2.76. The third-order valence-corrected chi connectivity index (χ3v) is 4.05. The van der Waals surface area contributed by atoms with E-state index in [4.69, 9.17) is 17.3 Å². The first-order valence-corrected chi connectivity index (χ1v) is 7.40. The number of nitrogens with one attached hydrogen (secondary N) is 1. The summed E-state index contributed by atoms with van der Waals surface area (Å²) in [6.07, 6.45) is 8.02. The third kappa shape index (κ3) is 4.13. The maximum atomic E-state index is 12.3. The van der Waals surface area contributed by atoms with Crippen LogP contribution in [0, 0.1) is 5.92 Å². The summed E-state index contributed by atoms with van der Waals surface area (Å²) in [5.41, 5.74) is 6.95. The largest absolute Gasteiger partial charge is 0.399 e. The molecule has 0 unspecified atom stereocenters. The van der Waals surface area contributed by atoms with Gasteiger partial charge < -0.3 is 11.1 Å². The van der Waals surface area contributed by atoms with Gasteiger partial charge in [-0.2, -0.15) is 0 Å². The van der Waals surface area contributed by atoms with Crippen LogP contribution in [-0.2, 0) is 4.79 Å². The van der Waals surface area contributed by atoms with Crippen LogP contribution in [0.1, 0.15) is 44.9 Å². The number of anilines is 2. The highest BCUT2D eigenvalue weighted by Gasteiger charge is 2.20. The monoisotopic (exact) mass is 280 g/mol. The van der Waals surface area contributed by atoms with Crippen LogP contribution in [0.4, 0.5) is 11.4 Å². The van der Waals surface area contributed by atoms with Crippen LogP contribution in [0.2, 0.25) is 5.02 Å². The summed E-state index contributed by atoms with van der Waals surface area (Å²) in [5, 5.41) is 3.45. The van der Waals surface area contributed by atoms with Crippen molar-refractivity contribution in [2.45, 2.75) is 44.9 Å². The Labute approximate surface area is 119 Å². The number of hydrogen-bond donors (Lipinski definition) is 2. The smallest absolute Gasteiger partial charge is 0.227 e. The summed E-state index contributed by atoms with van der Waals surface area (Å²) in [6.45, 7) is 0. The standard InChI is InChI=1S/C15H21ClN2O/c16-13-9-8-12(17)10-14(13)18-15(19)11-6-4-2-1-3-5-7-11/h8-11H,1-7,17H2,(H,18,19). The van der Waals surface area contributed by atoms with E-state index in [0.29, 0.717) is 16.4 Å². The number of benzene rings is 1. The number of rotatable bonds is 2. The quantitative estimate of drug-likeness (QED) is 0.797. The SMILES string of the molecule is Nc1ccc(Cl)c(NC(=O)C2CCCCCCC2)c1. The average Bonchev–Trinajstić information content (AvgIpc) is 2.33. The summed E-state index contributed by atoms with van der Waals surface area (Å²) in [7, 11) is 0. The number of carbonyl (C=O) groups excluding carboxylic acids is 1. The molecule has 0 aromatic heterocycles. The van der Waals surface area contributed by atoms with E-state index in [0.717, 1.165) is 25.7 Å². The zero-order valence-corrected chi connectivity index (χ0v) is 11.9. The van der Waals surface area contributed by atoms with Crippen molar-refractivity contribution >= 4 is 28.9 Å². The third-order valence-electron chi connectivity index (χ3n) is 3.72. The van der Waals surface area contributed by atoms with Gasteiger partial charge in [-0.05, 0) is 31.0 Å². The Hall–Kier alpha value is -1.22. The average molecular weight is 281 g/mol. The van der Waals surface area contributed by atoms with Crippen molar-refractivity contribution in [3.8, 4) is 0 Å². The van der Waals surface area contributed by atoms with Crippen molar-refractivity contribution in [2.75, 3.05) is 11.1 Å². The van der Waals surface area contributed by atoms with Crippen LogP contribution in [0.5, 0.6) is 0 Å². The summed E-state index contributed by atoms with van der Waals surface area (Å²) >= 11 is 6.07. The highest BCUT2D eigenvalue weighted by Crippen LogP contribution is 2.27. The van der Waals surface area contributed by atoms with Crippen LogP contribution in [0.15, 0.2) is 18.2 Å². The molecule has 1 saturated carbocycles. The Morgan fingerprint density at radius 2 is 1.79 bits per heavy atom. The highest BCUT2D eigenvalue weighted by molar-refractivity contribution is 6.33. The molecule has 104 valence electrons. The molecule has 19 heavy (non-hydrogen) atoms. The maximum Gasteiger partial charge on any atom is 0.227 e. The van der Waals surface area contributed by atoms with E-state index in [-0.39, 0.29) is 11.8 Å². The number of amides is 1. The fraction of sp³-hybridized carbons (Fsp3) is 0.533. The van der Waals surface area contributed by atoms with E-state index in [1.807, 2.05) is 0 Å². The van der Waals surface area contributed by atoms with Gasteiger partial charge in [-0.25, -0.2) is 0 Å². The second kappa shape index (κ2) is 6.80. The van der Waals surface area contributed by atoms with Gasteiger partial charge in [0.25, 0.3) is 0 Å². The summed E-state index contributed by atoms with van der Waals surface area (Å²) in [6, 6.07) is 5.15. The zero-order chi connectivity index (χ0) is 13.7. The van der Waals surface area contributed by atoms with E-state index in [2.05, 4.69) is 5.32 Å². The first-order chi connectivity index (χ1) is 9.16. The molecule has 0 aliphatic heterocycles. The lowest BCUT2D eigenvalue weighted by atomic mass is 9.90. The molecule has 1 fully saturated rings. The van der Waals surface area contributed by atoms with Gasteiger partial charge in [0.15, 0.2) is 0 Å². The van der Waals surface area contributed by atoms with Crippen molar-refractivity contribution in [2.24, 2.45) is 5.92 Å². The minimum absolute atomic E-state index is 0.0781. The van der Waals surface area contributed by atoms with Crippen molar-refractivity contribution in [3.63, 3.8) is 0 Å². The molecular formula is C15H21ClN2O. The van der Waals surface area contributed by atoms with Crippen LogP contribution in [0.3, 0.4) is 0 Å². The minimum atomic E-state index is 0.0781. The number of nitrogen functional groups attached to an aromatic ring is 1. The lowest BCUT2D eigenvalue weighted by Gasteiger charge is -2.19. The molecule has 1 aromatic carbocycles. The molecule has 3 N–H and O–H groups in total. The molecule has 0 saturated heterocycles. The zero-order valence-electron chi connectivity index (χ0n) is 11.1. The molecule has 0 bridgehead atoms. The first kappa shape index (κ1) is 14.2. The second-order valence-corrected chi connectivity index (χ2v) is 5.68. The van der Waals surface area contributed by atoms with E-state index < -0.39 is 0 Å². The molecule has 0 radical (unpaired) electrons. The molecule has 0 spiro atoms. The molecule has 0 atom stereocenters. The molecule has 1 aliphatic carbocycles. The number of nitrogens with two attached hydrogens (primary N) is 1. The van der Waals surface area contributed by atoms with Gasteiger partial charge in [0.05, 0.1) is 10.7 Å². The van der Waals surface area contributed by atoms with Gasteiger partial charge >= 0.3 is 0 Å². The Morgan fingerprint density at radius 1 is 1.16 bits per heavy atom. The van der Waals surface area contributed by atoms with Gasteiger partial charge in [-0.15, -0.1) is 0 Å². The number of carbonyl (C=O) groups is 1. The van der Waals surface area contributed by atoms with Crippen LogP contribution >= 0.6 is 11.6 Å². The van der Waals surface area contributed by atoms with Crippen molar-refractivity contribution < 1.29 is 4.79 Å². The molecule has 1 aromatic rings. The topological polar surface area (TPSA) is 55.1 Å². The predicted molar refractivity (Wildman–Crippen MR) is 80.3 cm³/mol. The van der Waals surface area contributed by atoms with Crippen molar-refractivity contribution in [3.05, 3.63) is 23.2 Å². The Bertz CT molecular complexity index is 440. The molecular weight excluding hydrogens is 260 g/mol. The van der Waals surface area contributed by atoms with Gasteiger partial charge in [-0.3, -0.25) is 4.79 Å². The van der Waals surface area contributed by atoms with E-state index >= 15 is 0 Å². The Morgan fingerprint density at radius 3 is 2.47 bits per heavy atom. The van der Waals surface area contributed by atoms with E-state index in [9.17, 15) is 4.79 Å². The predicted octanol–water partition coefficient (Wildman–Crippen LogP) is 4.22. The fourth-order valence-electron chi connectivity index (χ4n) is 2.59. The minimum Gasteiger partial charge on any atom is -0.399 e. The normalized spacial score (nSPS) is 17.5. The van der Waals surface area contributed by atoms with E-state index in [1.165, 1.54) is 19.3 Å². The lowest BCUT2D eigenvalue weighted by Crippen LogP contribution is -2.23. The second-order valence-electron chi connectivity index (χ2n) is 5.27. The molecule has 3 nitrogen and oxygen atoms in total. The van der Waals surface area contributed by atoms with Gasteiger partial charge in [0, 0.05) is 11.6 Å². The molecule has 0 heterocycles. The van der Waals surface area contributed by atoms with Crippen molar-refractivity contribution in [1.29, 1.82) is 0 Å². The molecule has 4 heteroatoms. The van der Waals surface area contributed by atoms with Gasteiger partial charge in [0.2, 0.25) is 5.91 Å². The molecule has 2 rings (SSSR count). The Kier molecular flexibility index (Phi) is 5.08. The summed E-state index contributed by atoms with van der Waals surface area (Å²) in [4.78, 5) is 12.3. The highest BCUT2D eigenvalue weighted by atomic mass is 35.5. The van der Waals surface area contributed by atoms with Crippen molar-refractivity contribution in [1.82, 2.24) is 0 Å². The Balaban J connectivity index is 2.00. The maximum absolute atomic E-state index is 12.3. The van der Waals surface area contributed by atoms with E-state index in [1.54, 1.807) is 18.2 Å². The van der Waals surface area contributed by atoms with Gasteiger partial charge in [-0.1, -0.05) is 43.7 Å².